The Kier molecular flexibility index (Phi) is 8.02. The molecule has 0 saturated heterocycles. The first-order chi connectivity index (χ1) is 15.9. The molecule has 0 unspecified atom stereocenters. The van der Waals surface area contributed by atoms with Crippen molar-refractivity contribution in [1.82, 2.24) is 15.8 Å². The van der Waals surface area contributed by atoms with Crippen LogP contribution in [0.3, 0.4) is 0 Å². The van der Waals surface area contributed by atoms with Gasteiger partial charge in [0.2, 0.25) is 0 Å². The van der Waals surface area contributed by atoms with Gasteiger partial charge in [0.05, 0.1) is 0 Å². The number of Topliss-reactive ketones (excluding diaryl/α,β-unsaturated/α-hetero) is 1. The van der Waals surface area contributed by atoms with E-state index >= 15 is 0 Å². The summed E-state index contributed by atoms with van der Waals surface area (Å²) >= 11 is 0. The van der Waals surface area contributed by atoms with Gasteiger partial charge in [-0.25, -0.2) is 0 Å². The van der Waals surface area contributed by atoms with Gasteiger partial charge in [-0.2, -0.15) is 0 Å². The highest BCUT2D eigenvalue weighted by molar-refractivity contribution is 6.03. The van der Waals surface area contributed by atoms with Gasteiger partial charge in [0, 0.05) is 17.7 Å². The molecule has 1 aromatic heterocycles. The molecule has 0 radical (unpaired) electrons. The SMILES string of the molecule is CCCc1c(C(=O)NNC(=O)COc2ccccc2Cc2ccccc2)[nH]c(C)c1C(C)=O. The maximum Gasteiger partial charge on any atom is 0.286 e. The molecule has 2 amide bonds. The lowest BCUT2D eigenvalue weighted by Gasteiger charge is -2.12. The van der Waals surface area contributed by atoms with Crippen LogP contribution in [-0.2, 0) is 17.6 Å². The van der Waals surface area contributed by atoms with Crippen LogP contribution in [0, 0.1) is 6.92 Å². The third-order valence-corrected chi connectivity index (χ3v) is 5.25. The lowest BCUT2D eigenvalue weighted by molar-refractivity contribution is -0.123. The molecule has 1 heterocycles. The van der Waals surface area contributed by atoms with Crippen LogP contribution in [0.5, 0.6) is 5.75 Å². The average molecular weight is 448 g/mol. The van der Waals surface area contributed by atoms with E-state index in [1.165, 1.54) is 6.92 Å². The van der Waals surface area contributed by atoms with Crippen LogP contribution in [0.4, 0.5) is 0 Å². The molecule has 3 rings (SSSR count). The quantitative estimate of drug-likeness (QED) is 0.342. The van der Waals surface area contributed by atoms with Crippen molar-refractivity contribution in [2.45, 2.75) is 40.0 Å². The molecule has 0 fully saturated rings. The molecule has 3 aromatic rings. The first-order valence-electron chi connectivity index (χ1n) is 11.0. The number of rotatable bonds is 9. The van der Waals surface area contributed by atoms with Gasteiger partial charge in [0.1, 0.15) is 11.4 Å². The van der Waals surface area contributed by atoms with E-state index in [4.69, 9.17) is 4.74 Å². The van der Waals surface area contributed by atoms with E-state index in [1.807, 2.05) is 61.5 Å². The number of hydrogen-bond donors (Lipinski definition) is 3. The molecule has 7 nitrogen and oxygen atoms in total. The number of H-pyrrole nitrogens is 1. The molecule has 0 aliphatic heterocycles. The van der Waals surface area contributed by atoms with Crippen LogP contribution in [0.2, 0.25) is 0 Å². The minimum atomic E-state index is -0.508. The van der Waals surface area contributed by atoms with Gasteiger partial charge in [-0.05, 0) is 43.0 Å². The fourth-order valence-electron chi connectivity index (χ4n) is 3.82. The van der Waals surface area contributed by atoms with Crippen molar-refractivity contribution in [3.05, 3.63) is 88.2 Å². The number of benzene rings is 2. The summed E-state index contributed by atoms with van der Waals surface area (Å²) in [7, 11) is 0. The fraction of sp³-hybridized carbons (Fsp3) is 0.269. The normalized spacial score (nSPS) is 10.5. The molecule has 7 heteroatoms. The zero-order valence-electron chi connectivity index (χ0n) is 19.2. The molecule has 2 aromatic carbocycles. The second kappa shape index (κ2) is 11.1. The number of ketones is 1. The highest BCUT2D eigenvalue weighted by Gasteiger charge is 2.22. The first-order valence-corrected chi connectivity index (χ1v) is 11.0. The zero-order valence-corrected chi connectivity index (χ0v) is 19.2. The predicted molar refractivity (Wildman–Crippen MR) is 126 cm³/mol. The lowest BCUT2D eigenvalue weighted by atomic mass is 10.0. The zero-order chi connectivity index (χ0) is 23.8. The summed E-state index contributed by atoms with van der Waals surface area (Å²) in [5.74, 6) is -0.492. The highest BCUT2D eigenvalue weighted by atomic mass is 16.5. The summed E-state index contributed by atoms with van der Waals surface area (Å²) in [4.78, 5) is 39.9. The summed E-state index contributed by atoms with van der Waals surface area (Å²) in [6.45, 7) is 4.96. The molecule has 0 aliphatic carbocycles. The van der Waals surface area contributed by atoms with Gasteiger partial charge in [-0.1, -0.05) is 61.9 Å². The highest BCUT2D eigenvalue weighted by Crippen LogP contribution is 2.22. The molecule has 0 atom stereocenters. The molecule has 0 aliphatic rings. The summed E-state index contributed by atoms with van der Waals surface area (Å²) in [5, 5.41) is 0. The molecule has 0 spiro atoms. The maximum absolute atomic E-state index is 12.7. The van der Waals surface area contributed by atoms with Gasteiger partial charge in [-0.15, -0.1) is 0 Å². The van der Waals surface area contributed by atoms with E-state index < -0.39 is 11.8 Å². The van der Waals surface area contributed by atoms with Crippen LogP contribution in [-0.4, -0.2) is 29.2 Å². The monoisotopic (exact) mass is 447 g/mol. The Morgan fingerprint density at radius 3 is 2.36 bits per heavy atom. The number of aromatic amines is 1. The van der Waals surface area contributed by atoms with Crippen LogP contribution < -0.4 is 15.6 Å². The number of para-hydroxylation sites is 1. The first kappa shape index (κ1) is 23.8. The average Bonchev–Trinajstić information content (AvgIpc) is 3.14. The van der Waals surface area contributed by atoms with E-state index in [0.717, 1.165) is 17.5 Å². The van der Waals surface area contributed by atoms with Crippen LogP contribution >= 0.6 is 0 Å². The molecular weight excluding hydrogens is 418 g/mol. The minimum absolute atomic E-state index is 0.0992. The number of carbonyl (C=O) groups is 3. The van der Waals surface area contributed by atoms with Gasteiger partial charge in [0.15, 0.2) is 12.4 Å². The number of hydrazine groups is 1. The molecule has 0 bridgehead atoms. The summed E-state index contributed by atoms with van der Waals surface area (Å²) < 4.78 is 5.71. The van der Waals surface area contributed by atoms with Gasteiger partial charge >= 0.3 is 0 Å². The summed E-state index contributed by atoms with van der Waals surface area (Å²) in [5.41, 5.74) is 9.01. The third-order valence-electron chi connectivity index (χ3n) is 5.25. The molecular formula is C26H29N3O4. The Bertz CT molecular complexity index is 1140. The van der Waals surface area contributed by atoms with Crippen molar-refractivity contribution in [2.24, 2.45) is 0 Å². The Hall–Kier alpha value is -3.87. The number of amides is 2. The van der Waals surface area contributed by atoms with E-state index in [1.54, 1.807) is 6.92 Å². The van der Waals surface area contributed by atoms with Crippen molar-refractivity contribution in [2.75, 3.05) is 6.61 Å². The van der Waals surface area contributed by atoms with E-state index in [0.29, 0.717) is 35.4 Å². The van der Waals surface area contributed by atoms with Crippen molar-refractivity contribution in [3.63, 3.8) is 0 Å². The number of hydrogen-bond acceptors (Lipinski definition) is 4. The second-order valence-corrected chi connectivity index (χ2v) is 7.85. The largest absolute Gasteiger partial charge is 0.483 e. The summed E-state index contributed by atoms with van der Waals surface area (Å²) in [6, 6.07) is 17.5. The van der Waals surface area contributed by atoms with Crippen LogP contribution in [0.15, 0.2) is 54.6 Å². The Balaban J connectivity index is 1.59. The van der Waals surface area contributed by atoms with Crippen LogP contribution in [0.1, 0.15) is 63.5 Å². The fourth-order valence-corrected chi connectivity index (χ4v) is 3.82. The van der Waals surface area contributed by atoms with Crippen molar-refractivity contribution in [1.29, 1.82) is 0 Å². The van der Waals surface area contributed by atoms with Gasteiger partial charge in [0.25, 0.3) is 11.8 Å². The Labute approximate surface area is 193 Å². The molecule has 0 saturated carbocycles. The van der Waals surface area contributed by atoms with E-state index in [2.05, 4.69) is 15.8 Å². The van der Waals surface area contributed by atoms with E-state index in [9.17, 15) is 14.4 Å². The number of ether oxygens (including phenoxy) is 1. The molecule has 33 heavy (non-hydrogen) atoms. The Morgan fingerprint density at radius 1 is 0.970 bits per heavy atom. The van der Waals surface area contributed by atoms with Gasteiger partial charge < -0.3 is 9.72 Å². The maximum atomic E-state index is 12.7. The second-order valence-electron chi connectivity index (χ2n) is 7.85. The van der Waals surface area contributed by atoms with Crippen molar-refractivity contribution < 1.29 is 19.1 Å². The summed E-state index contributed by atoms with van der Waals surface area (Å²) in [6.07, 6.45) is 2.04. The van der Waals surface area contributed by atoms with Crippen LogP contribution in [0.25, 0.3) is 0 Å². The third kappa shape index (κ3) is 6.10. The van der Waals surface area contributed by atoms with Gasteiger partial charge in [-0.3, -0.25) is 25.2 Å². The minimum Gasteiger partial charge on any atom is -0.483 e. The number of aromatic nitrogens is 1. The standard InChI is InChI=1S/C26H29N3O4/c1-4-10-21-24(18(3)30)17(2)27-25(21)26(32)29-28-23(31)16-33-22-14-9-8-13-20(22)15-19-11-6-5-7-12-19/h5-9,11-14,27H,4,10,15-16H2,1-3H3,(H,28,31)(H,29,32). The number of nitrogens with one attached hydrogen (secondary N) is 3. The van der Waals surface area contributed by atoms with E-state index in [-0.39, 0.29) is 18.1 Å². The lowest BCUT2D eigenvalue weighted by Crippen LogP contribution is -2.44. The van der Waals surface area contributed by atoms with Crippen molar-refractivity contribution >= 4 is 17.6 Å². The topological polar surface area (TPSA) is 100 Å². The number of carbonyl (C=O) groups excluding carboxylic acids is 3. The number of aryl methyl sites for hydroxylation is 1. The predicted octanol–water partition coefficient (Wildman–Crippen LogP) is 3.91. The molecule has 3 N–H and O–H groups in total. The Morgan fingerprint density at radius 2 is 1.67 bits per heavy atom. The smallest absolute Gasteiger partial charge is 0.286 e. The van der Waals surface area contributed by atoms with Crippen molar-refractivity contribution in [3.8, 4) is 5.75 Å². The molecule has 172 valence electrons.